The summed E-state index contributed by atoms with van der Waals surface area (Å²) in [4.78, 5) is 20.0. The van der Waals surface area contributed by atoms with Crippen LogP contribution in [0, 0.1) is 5.82 Å². The molecule has 1 amide bonds. The van der Waals surface area contributed by atoms with Crippen LogP contribution >= 0.6 is 0 Å². The van der Waals surface area contributed by atoms with Gasteiger partial charge in [0.25, 0.3) is 5.91 Å². The summed E-state index contributed by atoms with van der Waals surface area (Å²) in [5.74, 6) is -0.0622. The Balaban J connectivity index is 1.97. The number of amides is 1. The molecule has 0 unspecified atom stereocenters. The molecular weight excluding hydrogens is 259 g/mol. The van der Waals surface area contributed by atoms with Gasteiger partial charge in [0.15, 0.2) is 0 Å². The van der Waals surface area contributed by atoms with Crippen molar-refractivity contribution in [3.05, 3.63) is 53.7 Å². The van der Waals surface area contributed by atoms with Crippen LogP contribution in [0.15, 0.2) is 36.7 Å². The molecular formula is C14H15FN4O. The van der Waals surface area contributed by atoms with Crippen LogP contribution in [-0.2, 0) is 6.54 Å². The second-order valence-corrected chi connectivity index (χ2v) is 4.13. The Labute approximate surface area is 116 Å². The second kappa shape index (κ2) is 6.60. The van der Waals surface area contributed by atoms with Crippen molar-refractivity contribution in [3.8, 4) is 0 Å². The zero-order chi connectivity index (χ0) is 14.4. The van der Waals surface area contributed by atoms with Crippen LogP contribution in [-0.4, -0.2) is 22.4 Å². The Bertz CT molecular complexity index is 586. The van der Waals surface area contributed by atoms with Crippen LogP contribution in [0.2, 0.25) is 0 Å². The van der Waals surface area contributed by atoms with Gasteiger partial charge in [-0.3, -0.25) is 9.78 Å². The predicted molar refractivity (Wildman–Crippen MR) is 73.8 cm³/mol. The first-order valence-corrected chi connectivity index (χ1v) is 6.27. The standard InChI is InChI=1S/C14H15FN4O/c1-2-17-13-9-16-8-12(19-13)14(20)18-7-10-3-5-11(15)6-4-10/h3-6,8-9H,2,7H2,1H3,(H,17,19)(H,18,20). The monoisotopic (exact) mass is 274 g/mol. The highest BCUT2D eigenvalue weighted by Gasteiger charge is 2.08. The van der Waals surface area contributed by atoms with Gasteiger partial charge in [0, 0.05) is 13.1 Å². The molecule has 0 atom stereocenters. The highest BCUT2D eigenvalue weighted by molar-refractivity contribution is 5.92. The molecule has 0 saturated carbocycles. The smallest absolute Gasteiger partial charge is 0.271 e. The highest BCUT2D eigenvalue weighted by Crippen LogP contribution is 2.04. The molecule has 0 fully saturated rings. The number of anilines is 1. The average molecular weight is 274 g/mol. The lowest BCUT2D eigenvalue weighted by molar-refractivity contribution is 0.0945. The van der Waals surface area contributed by atoms with Crippen molar-refractivity contribution in [2.45, 2.75) is 13.5 Å². The number of hydrogen-bond donors (Lipinski definition) is 2. The Kier molecular flexibility index (Phi) is 4.60. The van der Waals surface area contributed by atoms with Crippen LogP contribution in [0.5, 0.6) is 0 Å². The van der Waals surface area contributed by atoms with E-state index < -0.39 is 0 Å². The number of rotatable bonds is 5. The van der Waals surface area contributed by atoms with Crippen LogP contribution in [0.3, 0.4) is 0 Å². The van der Waals surface area contributed by atoms with Gasteiger partial charge in [-0.15, -0.1) is 0 Å². The molecule has 1 aromatic carbocycles. The lowest BCUT2D eigenvalue weighted by Crippen LogP contribution is -2.24. The molecule has 1 heterocycles. The van der Waals surface area contributed by atoms with Gasteiger partial charge in [0.1, 0.15) is 17.3 Å². The van der Waals surface area contributed by atoms with Gasteiger partial charge >= 0.3 is 0 Å². The Morgan fingerprint density at radius 1 is 1.25 bits per heavy atom. The van der Waals surface area contributed by atoms with Crippen molar-refractivity contribution in [1.82, 2.24) is 15.3 Å². The minimum absolute atomic E-state index is 0.241. The number of carbonyl (C=O) groups is 1. The SMILES string of the molecule is CCNc1cncc(C(=O)NCc2ccc(F)cc2)n1. The van der Waals surface area contributed by atoms with E-state index in [9.17, 15) is 9.18 Å². The fraction of sp³-hybridized carbons (Fsp3) is 0.214. The molecule has 1 aromatic heterocycles. The molecule has 0 radical (unpaired) electrons. The van der Waals surface area contributed by atoms with Gasteiger partial charge in [-0.25, -0.2) is 9.37 Å². The molecule has 6 heteroatoms. The Hall–Kier alpha value is -2.50. The van der Waals surface area contributed by atoms with Crippen LogP contribution in [0.25, 0.3) is 0 Å². The van der Waals surface area contributed by atoms with E-state index in [1.54, 1.807) is 18.3 Å². The van der Waals surface area contributed by atoms with E-state index >= 15 is 0 Å². The summed E-state index contributed by atoms with van der Waals surface area (Å²) in [6.45, 7) is 2.95. The van der Waals surface area contributed by atoms with Gasteiger partial charge in [-0.2, -0.15) is 0 Å². The molecule has 2 N–H and O–H groups in total. The average Bonchev–Trinajstić information content (AvgIpc) is 2.47. The molecule has 0 bridgehead atoms. The van der Waals surface area contributed by atoms with Crippen molar-refractivity contribution < 1.29 is 9.18 Å². The van der Waals surface area contributed by atoms with Crippen LogP contribution in [0.1, 0.15) is 23.0 Å². The van der Waals surface area contributed by atoms with Crippen molar-refractivity contribution in [3.63, 3.8) is 0 Å². The number of nitrogens with zero attached hydrogens (tertiary/aromatic N) is 2. The van der Waals surface area contributed by atoms with E-state index in [4.69, 9.17) is 0 Å². The molecule has 0 saturated heterocycles. The summed E-state index contributed by atoms with van der Waals surface area (Å²) in [6, 6.07) is 5.95. The summed E-state index contributed by atoms with van der Waals surface area (Å²) in [5.41, 5.74) is 1.06. The molecule has 2 aromatic rings. The quantitative estimate of drug-likeness (QED) is 0.875. The summed E-state index contributed by atoms with van der Waals surface area (Å²) >= 11 is 0. The van der Waals surface area contributed by atoms with E-state index in [2.05, 4.69) is 20.6 Å². The van der Waals surface area contributed by atoms with Gasteiger partial charge in [0.05, 0.1) is 12.4 Å². The summed E-state index contributed by atoms with van der Waals surface area (Å²) in [5, 5.41) is 5.70. The maximum atomic E-state index is 12.8. The van der Waals surface area contributed by atoms with Crippen molar-refractivity contribution in [2.75, 3.05) is 11.9 Å². The largest absolute Gasteiger partial charge is 0.369 e. The first-order valence-electron chi connectivity index (χ1n) is 6.27. The molecule has 0 aliphatic heterocycles. The Morgan fingerprint density at radius 2 is 2.00 bits per heavy atom. The third-order valence-electron chi connectivity index (χ3n) is 2.59. The molecule has 5 nitrogen and oxygen atoms in total. The Morgan fingerprint density at radius 3 is 2.70 bits per heavy atom. The second-order valence-electron chi connectivity index (χ2n) is 4.13. The fourth-order valence-electron chi connectivity index (χ4n) is 1.62. The molecule has 0 aliphatic carbocycles. The lowest BCUT2D eigenvalue weighted by Gasteiger charge is -2.06. The first-order chi connectivity index (χ1) is 9.69. The first kappa shape index (κ1) is 13.9. The van der Waals surface area contributed by atoms with Crippen LogP contribution < -0.4 is 10.6 Å². The molecule has 0 spiro atoms. The number of aromatic nitrogens is 2. The van der Waals surface area contributed by atoms with Crippen molar-refractivity contribution in [1.29, 1.82) is 0 Å². The van der Waals surface area contributed by atoms with E-state index in [1.165, 1.54) is 18.3 Å². The highest BCUT2D eigenvalue weighted by atomic mass is 19.1. The molecule has 2 rings (SSSR count). The van der Waals surface area contributed by atoms with Crippen LogP contribution in [0.4, 0.5) is 10.2 Å². The molecule has 0 aliphatic rings. The van der Waals surface area contributed by atoms with Gasteiger partial charge < -0.3 is 10.6 Å². The van der Waals surface area contributed by atoms with Crippen molar-refractivity contribution in [2.24, 2.45) is 0 Å². The third-order valence-corrected chi connectivity index (χ3v) is 2.59. The summed E-state index contributed by atoms with van der Waals surface area (Å²) < 4.78 is 12.8. The minimum Gasteiger partial charge on any atom is -0.369 e. The lowest BCUT2D eigenvalue weighted by atomic mass is 10.2. The van der Waals surface area contributed by atoms with E-state index in [-0.39, 0.29) is 17.4 Å². The van der Waals surface area contributed by atoms with E-state index in [0.717, 1.165) is 5.56 Å². The summed E-state index contributed by atoms with van der Waals surface area (Å²) in [7, 11) is 0. The number of benzene rings is 1. The zero-order valence-electron chi connectivity index (χ0n) is 11.1. The maximum Gasteiger partial charge on any atom is 0.271 e. The normalized spacial score (nSPS) is 10.1. The predicted octanol–water partition coefficient (Wildman–Crippen LogP) is 1.98. The number of carbonyl (C=O) groups excluding carboxylic acids is 1. The van der Waals surface area contributed by atoms with Gasteiger partial charge in [-0.1, -0.05) is 12.1 Å². The topological polar surface area (TPSA) is 66.9 Å². The third kappa shape index (κ3) is 3.74. The molecule has 104 valence electrons. The molecule has 20 heavy (non-hydrogen) atoms. The van der Waals surface area contributed by atoms with E-state index in [0.29, 0.717) is 18.9 Å². The van der Waals surface area contributed by atoms with Gasteiger partial charge in [0.2, 0.25) is 0 Å². The summed E-state index contributed by atoms with van der Waals surface area (Å²) in [6.07, 6.45) is 2.96. The van der Waals surface area contributed by atoms with Crippen molar-refractivity contribution >= 4 is 11.7 Å². The van der Waals surface area contributed by atoms with Gasteiger partial charge in [-0.05, 0) is 24.6 Å². The number of halogens is 1. The number of hydrogen-bond acceptors (Lipinski definition) is 4. The minimum atomic E-state index is -0.318. The fourth-order valence-corrected chi connectivity index (χ4v) is 1.62. The number of nitrogens with one attached hydrogen (secondary N) is 2. The maximum absolute atomic E-state index is 12.8. The van der Waals surface area contributed by atoms with E-state index in [1.807, 2.05) is 6.92 Å². The zero-order valence-corrected chi connectivity index (χ0v) is 11.1.